The molecular weight excluding hydrogens is 336 g/mol. The zero-order chi connectivity index (χ0) is 16.8. The number of hydrogen-bond acceptors (Lipinski definition) is 3. The summed E-state index contributed by atoms with van der Waals surface area (Å²) in [4.78, 5) is 12.2. The second kappa shape index (κ2) is 9.44. The average Bonchev–Trinajstić information content (AvgIpc) is 2.67. The molecule has 0 unspecified atom stereocenters. The molecule has 0 bridgehead atoms. The standard InChI is InChI=1S/C20H24N2O2.ClH/c1-24-19-4-2-3-18(13-19)16-7-5-15(6-8-16)14-22-20(23)17-9-11-21-12-10-17;/h2-8,13,17,21H,9-12,14H2,1H3,(H,22,23);1H. The molecular formula is C20H25ClN2O2. The van der Waals surface area contributed by atoms with Gasteiger partial charge in [0.05, 0.1) is 7.11 Å². The summed E-state index contributed by atoms with van der Waals surface area (Å²) in [6.45, 7) is 2.46. The number of benzene rings is 2. The number of amides is 1. The lowest BCUT2D eigenvalue weighted by molar-refractivity contribution is -0.125. The van der Waals surface area contributed by atoms with Crippen LogP contribution in [0.25, 0.3) is 11.1 Å². The lowest BCUT2D eigenvalue weighted by Crippen LogP contribution is -2.37. The summed E-state index contributed by atoms with van der Waals surface area (Å²) in [5.74, 6) is 1.18. The topological polar surface area (TPSA) is 50.4 Å². The molecule has 1 aliphatic rings. The summed E-state index contributed by atoms with van der Waals surface area (Å²) in [7, 11) is 1.67. The lowest BCUT2D eigenvalue weighted by atomic mass is 9.97. The van der Waals surface area contributed by atoms with Crippen LogP contribution >= 0.6 is 12.4 Å². The number of rotatable bonds is 5. The summed E-state index contributed by atoms with van der Waals surface area (Å²) in [6.07, 6.45) is 1.86. The quantitative estimate of drug-likeness (QED) is 0.859. The maximum atomic E-state index is 12.2. The van der Waals surface area contributed by atoms with Gasteiger partial charge in [0.15, 0.2) is 0 Å². The molecule has 0 saturated carbocycles. The lowest BCUT2D eigenvalue weighted by Gasteiger charge is -2.21. The fourth-order valence-corrected chi connectivity index (χ4v) is 3.04. The van der Waals surface area contributed by atoms with Gasteiger partial charge in [0.2, 0.25) is 5.91 Å². The number of carbonyl (C=O) groups excluding carboxylic acids is 1. The Morgan fingerprint density at radius 2 is 1.84 bits per heavy atom. The van der Waals surface area contributed by atoms with Crippen LogP contribution in [0.5, 0.6) is 5.75 Å². The van der Waals surface area contributed by atoms with Gasteiger partial charge in [-0.25, -0.2) is 0 Å². The second-order valence-electron chi connectivity index (χ2n) is 6.17. The van der Waals surface area contributed by atoms with E-state index in [1.807, 2.05) is 18.2 Å². The normalized spacial score (nSPS) is 14.4. The van der Waals surface area contributed by atoms with E-state index in [0.717, 1.165) is 48.4 Å². The highest BCUT2D eigenvalue weighted by Gasteiger charge is 2.20. The highest BCUT2D eigenvalue weighted by Crippen LogP contribution is 2.24. The number of piperidine rings is 1. The summed E-state index contributed by atoms with van der Waals surface area (Å²) in [6, 6.07) is 16.3. The highest BCUT2D eigenvalue weighted by molar-refractivity contribution is 5.85. The first-order valence-corrected chi connectivity index (χ1v) is 8.48. The zero-order valence-electron chi connectivity index (χ0n) is 14.5. The molecule has 134 valence electrons. The minimum absolute atomic E-state index is 0. The molecule has 0 atom stereocenters. The molecule has 4 nitrogen and oxygen atoms in total. The Labute approximate surface area is 155 Å². The predicted molar refractivity (Wildman–Crippen MR) is 103 cm³/mol. The van der Waals surface area contributed by atoms with E-state index in [1.165, 1.54) is 0 Å². The van der Waals surface area contributed by atoms with Crippen LogP contribution in [-0.2, 0) is 11.3 Å². The van der Waals surface area contributed by atoms with Gasteiger partial charge >= 0.3 is 0 Å². The predicted octanol–water partition coefficient (Wildman–Crippen LogP) is 3.40. The van der Waals surface area contributed by atoms with Gasteiger partial charge in [-0.15, -0.1) is 12.4 Å². The first-order valence-electron chi connectivity index (χ1n) is 8.48. The summed E-state index contributed by atoms with van der Waals surface area (Å²) in [5.41, 5.74) is 3.38. The van der Waals surface area contributed by atoms with Gasteiger partial charge in [0, 0.05) is 12.5 Å². The van der Waals surface area contributed by atoms with Crippen LogP contribution in [0.3, 0.4) is 0 Å². The molecule has 2 aromatic rings. The SMILES string of the molecule is COc1cccc(-c2ccc(CNC(=O)C3CCNCC3)cc2)c1.Cl. The number of ether oxygens (including phenoxy) is 1. The molecule has 2 N–H and O–H groups in total. The van der Waals surface area contributed by atoms with Crippen molar-refractivity contribution in [1.29, 1.82) is 0 Å². The van der Waals surface area contributed by atoms with Crippen LogP contribution in [0.15, 0.2) is 48.5 Å². The van der Waals surface area contributed by atoms with E-state index in [1.54, 1.807) is 7.11 Å². The number of methoxy groups -OCH3 is 1. The van der Waals surface area contributed by atoms with Gasteiger partial charge in [-0.3, -0.25) is 4.79 Å². The molecule has 0 radical (unpaired) electrons. The van der Waals surface area contributed by atoms with Crippen LogP contribution in [0.4, 0.5) is 0 Å². The Hall–Kier alpha value is -2.04. The molecule has 1 fully saturated rings. The largest absolute Gasteiger partial charge is 0.497 e. The smallest absolute Gasteiger partial charge is 0.223 e. The van der Waals surface area contributed by atoms with Gasteiger partial charge in [-0.05, 0) is 54.8 Å². The maximum Gasteiger partial charge on any atom is 0.223 e. The van der Waals surface area contributed by atoms with Crippen molar-refractivity contribution in [2.24, 2.45) is 5.92 Å². The van der Waals surface area contributed by atoms with Crippen molar-refractivity contribution in [3.63, 3.8) is 0 Å². The Bertz CT molecular complexity index is 682. The fourth-order valence-electron chi connectivity index (χ4n) is 3.04. The fraction of sp³-hybridized carbons (Fsp3) is 0.350. The summed E-state index contributed by atoms with van der Waals surface area (Å²) in [5, 5.41) is 6.34. The second-order valence-corrected chi connectivity index (χ2v) is 6.17. The Kier molecular flexibility index (Phi) is 7.29. The maximum absolute atomic E-state index is 12.2. The van der Waals surface area contributed by atoms with Gasteiger partial charge in [0.25, 0.3) is 0 Å². The van der Waals surface area contributed by atoms with Crippen molar-refractivity contribution >= 4 is 18.3 Å². The van der Waals surface area contributed by atoms with Crippen LogP contribution < -0.4 is 15.4 Å². The molecule has 0 aromatic heterocycles. The summed E-state index contributed by atoms with van der Waals surface area (Å²) < 4.78 is 5.27. The monoisotopic (exact) mass is 360 g/mol. The van der Waals surface area contributed by atoms with E-state index >= 15 is 0 Å². The van der Waals surface area contributed by atoms with Crippen molar-refractivity contribution in [2.45, 2.75) is 19.4 Å². The van der Waals surface area contributed by atoms with E-state index in [-0.39, 0.29) is 24.2 Å². The van der Waals surface area contributed by atoms with E-state index in [2.05, 4.69) is 41.0 Å². The van der Waals surface area contributed by atoms with E-state index < -0.39 is 0 Å². The van der Waals surface area contributed by atoms with Crippen LogP contribution in [-0.4, -0.2) is 26.1 Å². The minimum atomic E-state index is 0. The van der Waals surface area contributed by atoms with Crippen molar-refractivity contribution in [3.05, 3.63) is 54.1 Å². The first kappa shape index (κ1) is 19.3. The Morgan fingerprint density at radius 3 is 2.52 bits per heavy atom. The van der Waals surface area contributed by atoms with Crippen LogP contribution in [0, 0.1) is 5.92 Å². The molecule has 1 amide bonds. The first-order chi connectivity index (χ1) is 11.8. The van der Waals surface area contributed by atoms with Crippen LogP contribution in [0.2, 0.25) is 0 Å². The van der Waals surface area contributed by atoms with Crippen LogP contribution in [0.1, 0.15) is 18.4 Å². The Balaban J connectivity index is 0.00000225. The number of carbonyl (C=O) groups is 1. The molecule has 0 spiro atoms. The van der Waals surface area contributed by atoms with Gasteiger partial charge in [-0.1, -0.05) is 36.4 Å². The molecule has 1 saturated heterocycles. The van der Waals surface area contributed by atoms with Gasteiger partial charge in [0.1, 0.15) is 5.75 Å². The van der Waals surface area contributed by atoms with E-state index in [4.69, 9.17) is 4.74 Å². The zero-order valence-corrected chi connectivity index (χ0v) is 15.3. The van der Waals surface area contributed by atoms with Gasteiger partial charge < -0.3 is 15.4 Å². The average molecular weight is 361 g/mol. The number of hydrogen-bond donors (Lipinski definition) is 2. The minimum Gasteiger partial charge on any atom is -0.497 e. The molecule has 2 aromatic carbocycles. The molecule has 3 rings (SSSR count). The van der Waals surface area contributed by atoms with E-state index in [9.17, 15) is 4.79 Å². The molecule has 25 heavy (non-hydrogen) atoms. The third-order valence-corrected chi connectivity index (χ3v) is 4.53. The molecule has 1 aliphatic heterocycles. The van der Waals surface area contributed by atoms with Crippen molar-refractivity contribution < 1.29 is 9.53 Å². The van der Waals surface area contributed by atoms with Crippen molar-refractivity contribution in [2.75, 3.05) is 20.2 Å². The van der Waals surface area contributed by atoms with Crippen molar-refractivity contribution in [3.8, 4) is 16.9 Å². The number of nitrogens with one attached hydrogen (secondary N) is 2. The van der Waals surface area contributed by atoms with Crippen molar-refractivity contribution in [1.82, 2.24) is 10.6 Å². The van der Waals surface area contributed by atoms with Gasteiger partial charge in [-0.2, -0.15) is 0 Å². The Morgan fingerprint density at radius 1 is 1.12 bits per heavy atom. The summed E-state index contributed by atoms with van der Waals surface area (Å²) >= 11 is 0. The molecule has 5 heteroatoms. The molecule has 1 heterocycles. The number of halogens is 1. The van der Waals surface area contributed by atoms with E-state index in [0.29, 0.717) is 6.54 Å². The highest BCUT2D eigenvalue weighted by atomic mass is 35.5. The third kappa shape index (κ3) is 5.21. The molecule has 0 aliphatic carbocycles. The third-order valence-electron chi connectivity index (χ3n) is 4.53.